The predicted octanol–water partition coefficient (Wildman–Crippen LogP) is 8.24. The van der Waals surface area contributed by atoms with Crippen LogP contribution in [0.2, 0.25) is 0 Å². The number of rotatable bonds is 15. The van der Waals surface area contributed by atoms with Crippen molar-refractivity contribution < 1.29 is 28.9 Å². The van der Waals surface area contributed by atoms with Crippen LogP contribution >= 0.6 is 0 Å². The van der Waals surface area contributed by atoms with E-state index in [1.54, 1.807) is 36.1 Å². The average molecular weight is 631 g/mol. The highest BCUT2D eigenvalue weighted by molar-refractivity contribution is 6.01. The molecule has 0 saturated heterocycles. The summed E-state index contributed by atoms with van der Waals surface area (Å²) in [6, 6.07) is 42.7. The van der Waals surface area contributed by atoms with Gasteiger partial charge in [-0.3, -0.25) is 4.90 Å². The zero-order chi connectivity index (χ0) is 32.9. The number of nitrogens with one attached hydrogen (secondary N) is 1. The summed E-state index contributed by atoms with van der Waals surface area (Å²) >= 11 is 0. The Kier molecular flexibility index (Phi) is 11.1. The molecule has 47 heavy (non-hydrogen) atoms. The summed E-state index contributed by atoms with van der Waals surface area (Å²) in [6.45, 7) is 2.85. The minimum atomic E-state index is -1.43. The van der Waals surface area contributed by atoms with Crippen molar-refractivity contribution in [3.8, 4) is 17.2 Å². The molecule has 0 spiro atoms. The van der Waals surface area contributed by atoms with Crippen LogP contribution in [0.25, 0.3) is 0 Å². The molecule has 8 heteroatoms. The predicted molar refractivity (Wildman–Crippen MR) is 183 cm³/mol. The Bertz CT molecular complexity index is 1700. The van der Waals surface area contributed by atoms with E-state index in [-0.39, 0.29) is 12.5 Å². The van der Waals surface area contributed by atoms with Gasteiger partial charge in [-0.1, -0.05) is 78.9 Å². The van der Waals surface area contributed by atoms with Crippen molar-refractivity contribution in [2.75, 3.05) is 23.4 Å². The summed E-state index contributed by atoms with van der Waals surface area (Å²) in [7, 11) is 0. The highest BCUT2D eigenvalue weighted by Gasteiger charge is 2.36. The van der Waals surface area contributed by atoms with Crippen LogP contribution in [-0.2, 0) is 17.8 Å². The van der Waals surface area contributed by atoms with Gasteiger partial charge in [-0.2, -0.15) is 0 Å². The van der Waals surface area contributed by atoms with Crippen LogP contribution < -0.4 is 24.4 Å². The molecule has 5 aromatic carbocycles. The monoisotopic (exact) mass is 630 g/mol. The molecule has 0 aliphatic heterocycles. The number of anilines is 2. The second kappa shape index (κ2) is 16.0. The van der Waals surface area contributed by atoms with E-state index in [4.69, 9.17) is 14.2 Å². The second-order valence-corrected chi connectivity index (χ2v) is 11.2. The maximum atomic E-state index is 13.4. The van der Waals surface area contributed by atoms with E-state index in [2.05, 4.69) is 5.32 Å². The molecule has 240 valence electrons. The van der Waals surface area contributed by atoms with Gasteiger partial charge in [0, 0.05) is 24.3 Å². The maximum absolute atomic E-state index is 13.4. The molecule has 5 rings (SSSR count). The lowest BCUT2D eigenvalue weighted by atomic mass is 9.96. The van der Waals surface area contributed by atoms with Crippen LogP contribution in [0, 0.1) is 0 Å². The number of carboxylic acids is 1. The standard InChI is InChI=1S/C39H38N2O6/c1-39(37(42)43,47-36-16-9-4-10-17-36)28-30-18-22-34(23-19-30)45-27-11-26-41(33-14-7-3-8-15-33)38(44)40-32-20-24-35(25-21-32)46-29-31-12-5-2-6-13-31/h2-10,12-25H,11,26-29H2,1H3,(H,40,44)(H,42,43). The van der Waals surface area contributed by atoms with Gasteiger partial charge >= 0.3 is 12.0 Å². The molecule has 0 aromatic heterocycles. The fraction of sp³-hybridized carbons (Fsp3) is 0.179. The van der Waals surface area contributed by atoms with E-state index in [0.717, 1.165) is 16.8 Å². The minimum Gasteiger partial charge on any atom is -0.494 e. The number of carbonyl (C=O) groups excluding carboxylic acids is 1. The van der Waals surface area contributed by atoms with Crippen molar-refractivity contribution in [2.45, 2.75) is 32.0 Å². The van der Waals surface area contributed by atoms with Crippen molar-refractivity contribution in [3.63, 3.8) is 0 Å². The Morgan fingerprint density at radius 3 is 1.89 bits per heavy atom. The third-order valence-corrected chi connectivity index (χ3v) is 7.47. The number of benzene rings is 5. The van der Waals surface area contributed by atoms with Gasteiger partial charge < -0.3 is 24.6 Å². The molecular weight excluding hydrogens is 592 g/mol. The SMILES string of the molecule is CC(Cc1ccc(OCCCN(C(=O)Nc2ccc(OCc3ccccc3)cc2)c2ccccc2)cc1)(Oc1ccccc1)C(=O)O. The smallest absolute Gasteiger partial charge is 0.348 e. The fourth-order valence-corrected chi connectivity index (χ4v) is 4.93. The third-order valence-electron chi connectivity index (χ3n) is 7.47. The molecule has 1 unspecified atom stereocenters. The number of hydrogen-bond donors (Lipinski definition) is 2. The van der Waals surface area contributed by atoms with Gasteiger partial charge in [0.2, 0.25) is 5.60 Å². The largest absolute Gasteiger partial charge is 0.494 e. The summed E-state index contributed by atoms with van der Waals surface area (Å²) in [6.07, 6.45) is 0.764. The first-order valence-corrected chi connectivity index (χ1v) is 15.5. The van der Waals surface area contributed by atoms with Crippen molar-refractivity contribution in [1.29, 1.82) is 0 Å². The molecule has 8 nitrogen and oxygen atoms in total. The highest BCUT2D eigenvalue weighted by atomic mass is 16.5. The van der Waals surface area contributed by atoms with Crippen LogP contribution in [0.1, 0.15) is 24.5 Å². The van der Waals surface area contributed by atoms with Gasteiger partial charge in [0.1, 0.15) is 23.9 Å². The minimum absolute atomic E-state index is 0.183. The zero-order valence-corrected chi connectivity index (χ0v) is 26.3. The van der Waals surface area contributed by atoms with Crippen molar-refractivity contribution in [1.82, 2.24) is 0 Å². The molecule has 0 bridgehead atoms. The normalized spacial score (nSPS) is 11.9. The summed E-state index contributed by atoms with van der Waals surface area (Å²) in [5, 5.41) is 12.9. The van der Waals surface area contributed by atoms with E-state index in [0.29, 0.717) is 49.1 Å². The first kappa shape index (κ1) is 32.6. The van der Waals surface area contributed by atoms with Crippen molar-refractivity contribution in [3.05, 3.63) is 151 Å². The Labute approximate surface area is 275 Å². The summed E-state index contributed by atoms with van der Waals surface area (Å²) in [5.41, 5.74) is 1.89. The lowest BCUT2D eigenvalue weighted by Crippen LogP contribution is -2.43. The molecule has 0 saturated carbocycles. The van der Waals surface area contributed by atoms with Crippen LogP contribution in [0.15, 0.2) is 140 Å². The van der Waals surface area contributed by atoms with E-state index < -0.39 is 11.6 Å². The number of carboxylic acid groups (broad SMARTS) is 1. The van der Waals surface area contributed by atoms with E-state index in [1.165, 1.54) is 0 Å². The molecule has 2 N–H and O–H groups in total. The van der Waals surface area contributed by atoms with E-state index >= 15 is 0 Å². The summed E-state index contributed by atoms with van der Waals surface area (Å²) < 4.78 is 17.7. The Hall–Kier alpha value is -5.76. The van der Waals surface area contributed by atoms with Crippen molar-refractivity contribution >= 4 is 23.4 Å². The molecular formula is C39H38N2O6. The number of carbonyl (C=O) groups is 2. The van der Waals surface area contributed by atoms with E-state index in [9.17, 15) is 14.7 Å². The summed E-state index contributed by atoms with van der Waals surface area (Å²) in [5.74, 6) is 0.824. The number of ether oxygens (including phenoxy) is 3. The number of hydrogen-bond acceptors (Lipinski definition) is 5. The molecule has 1 atom stereocenters. The van der Waals surface area contributed by atoms with Crippen LogP contribution in [0.3, 0.4) is 0 Å². The Morgan fingerprint density at radius 1 is 0.681 bits per heavy atom. The zero-order valence-electron chi connectivity index (χ0n) is 26.3. The number of urea groups is 1. The van der Waals surface area contributed by atoms with Gasteiger partial charge in [0.25, 0.3) is 0 Å². The van der Waals surface area contributed by atoms with Crippen molar-refractivity contribution in [2.24, 2.45) is 0 Å². The Balaban J connectivity index is 1.13. The number of amides is 2. The van der Waals surface area contributed by atoms with Gasteiger partial charge in [-0.25, -0.2) is 9.59 Å². The first-order chi connectivity index (χ1) is 22.9. The molecule has 0 heterocycles. The van der Waals surface area contributed by atoms with Gasteiger partial charge in [-0.15, -0.1) is 0 Å². The molecule has 0 aliphatic rings. The van der Waals surface area contributed by atoms with Gasteiger partial charge in [0.15, 0.2) is 0 Å². The fourth-order valence-electron chi connectivity index (χ4n) is 4.93. The second-order valence-electron chi connectivity index (χ2n) is 11.2. The van der Waals surface area contributed by atoms with Crippen LogP contribution in [0.5, 0.6) is 17.2 Å². The number of para-hydroxylation sites is 2. The lowest BCUT2D eigenvalue weighted by molar-refractivity contribution is -0.153. The maximum Gasteiger partial charge on any atom is 0.348 e. The van der Waals surface area contributed by atoms with Gasteiger partial charge in [-0.05, 0) is 85.1 Å². The highest BCUT2D eigenvalue weighted by Crippen LogP contribution is 2.25. The summed E-state index contributed by atoms with van der Waals surface area (Å²) in [4.78, 5) is 27.1. The lowest BCUT2D eigenvalue weighted by Gasteiger charge is -2.26. The van der Waals surface area contributed by atoms with Crippen LogP contribution in [-0.4, -0.2) is 35.9 Å². The van der Waals surface area contributed by atoms with E-state index in [1.807, 2.05) is 115 Å². The molecule has 0 aliphatic carbocycles. The number of nitrogens with zero attached hydrogens (tertiary/aromatic N) is 1. The number of aliphatic carboxylic acids is 1. The van der Waals surface area contributed by atoms with Crippen LogP contribution in [0.4, 0.5) is 16.2 Å². The van der Waals surface area contributed by atoms with Gasteiger partial charge in [0.05, 0.1) is 6.61 Å². The quantitative estimate of drug-likeness (QED) is 0.113. The average Bonchev–Trinajstić information content (AvgIpc) is 3.10. The first-order valence-electron chi connectivity index (χ1n) is 15.5. The molecule has 0 fully saturated rings. The molecule has 0 radical (unpaired) electrons. The molecule has 2 amide bonds. The Morgan fingerprint density at radius 2 is 1.26 bits per heavy atom. The molecule has 5 aromatic rings. The topological polar surface area (TPSA) is 97.3 Å². The third kappa shape index (κ3) is 9.61.